The number of rotatable bonds is 8. The number of amides is 1. The summed E-state index contributed by atoms with van der Waals surface area (Å²) in [6.07, 6.45) is -7.92. The van der Waals surface area contributed by atoms with Crippen molar-refractivity contribution in [1.82, 2.24) is 10.3 Å². The van der Waals surface area contributed by atoms with Gasteiger partial charge in [0.05, 0.1) is 41.7 Å². The van der Waals surface area contributed by atoms with Crippen LogP contribution >= 0.6 is 0 Å². The average molecular weight is 438 g/mol. The SMILES string of the molecule is COc1ccc(C#N)cc1[C@H](C)NC(O)C(O)Cc1ncc(C(N)=O)cc1C(F)(F)F. The van der Waals surface area contributed by atoms with Crippen molar-refractivity contribution in [3.8, 4) is 11.8 Å². The van der Waals surface area contributed by atoms with E-state index in [0.29, 0.717) is 22.9 Å². The van der Waals surface area contributed by atoms with Crippen molar-refractivity contribution >= 4 is 5.91 Å². The first-order chi connectivity index (χ1) is 14.5. The topological polar surface area (TPSA) is 141 Å². The first-order valence-corrected chi connectivity index (χ1v) is 9.04. The Morgan fingerprint density at radius 3 is 2.58 bits per heavy atom. The number of aromatic nitrogens is 1. The van der Waals surface area contributed by atoms with Gasteiger partial charge in [-0.2, -0.15) is 18.4 Å². The van der Waals surface area contributed by atoms with Crippen LogP contribution in [0.5, 0.6) is 5.75 Å². The van der Waals surface area contributed by atoms with Gasteiger partial charge in [-0.05, 0) is 31.2 Å². The third-order valence-electron chi connectivity index (χ3n) is 4.57. The molecule has 0 aliphatic heterocycles. The van der Waals surface area contributed by atoms with Crippen LogP contribution in [0.1, 0.15) is 45.7 Å². The summed E-state index contributed by atoms with van der Waals surface area (Å²) in [5, 5.41) is 32.3. The molecule has 0 bridgehead atoms. The summed E-state index contributed by atoms with van der Waals surface area (Å²) < 4.78 is 45.2. The van der Waals surface area contributed by atoms with E-state index in [0.717, 1.165) is 6.20 Å². The zero-order valence-corrected chi connectivity index (χ0v) is 16.6. The van der Waals surface area contributed by atoms with Gasteiger partial charge in [0.15, 0.2) is 0 Å². The molecule has 1 amide bonds. The van der Waals surface area contributed by atoms with Crippen LogP contribution in [-0.4, -0.2) is 40.5 Å². The highest BCUT2D eigenvalue weighted by molar-refractivity contribution is 5.92. The fraction of sp³-hybridized carbons (Fsp3) is 0.350. The first-order valence-electron chi connectivity index (χ1n) is 9.04. The normalized spacial score (nSPS) is 14.4. The van der Waals surface area contributed by atoms with E-state index in [4.69, 9.17) is 15.7 Å². The van der Waals surface area contributed by atoms with Crippen molar-refractivity contribution in [2.75, 3.05) is 7.11 Å². The summed E-state index contributed by atoms with van der Waals surface area (Å²) in [7, 11) is 1.42. The maximum Gasteiger partial charge on any atom is 0.418 e. The Kier molecular flexibility index (Phi) is 7.56. The van der Waals surface area contributed by atoms with Gasteiger partial charge in [-0.3, -0.25) is 15.1 Å². The molecule has 0 aliphatic rings. The number of nitriles is 1. The summed E-state index contributed by atoms with van der Waals surface area (Å²) in [5.74, 6) is -0.655. The minimum Gasteiger partial charge on any atom is -0.496 e. The Bertz CT molecular complexity index is 991. The number of alkyl halides is 3. The highest BCUT2D eigenvalue weighted by Gasteiger charge is 2.36. The molecule has 2 aromatic rings. The van der Waals surface area contributed by atoms with E-state index in [2.05, 4.69) is 10.3 Å². The molecule has 11 heteroatoms. The number of nitrogens with zero attached hydrogens (tertiary/aromatic N) is 2. The average Bonchev–Trinajstić information content (AvgIpc) is 2.72. The lowest BCUT2D eigenvalue weighted by Crippen LogP contribution is -2.42. The lowest BCUT2D eigenvalue weighted by molar-refractivity contribution is -0.138. The second kappa shape index (κ2) is 9.74. The number of nitrogens with one attached hydrogen (secondary N) is 1. The van der Waals surface area contributed by atoms with Gasteiger partial charge in [0.2, 0.25) is 5.91 Å². The molecule has 1 heterocycles. The van der Waals surface area contributed by atoms with E-state index in [1.165, 1.54) is 13.2 Å². The number of hydrogen-bond donors (Lipinski definition) is 4. The predicted octanol–water partition coefficient (Wildman–Crippen LogP) is 1.65. The molecule has 0 aliphatic carbocycles. The summed E-state index contributed by atoms with van der Waals surface area (Å²) in [6, 6.07) is 6.54. The second-order valence-electron chi connectivity index (χ2n) is 6.75. The van der Waals surface area contributed by atoms with Gasteiger partial charge in [0.25, 0.3) is 0 Å². The Balaban J connectivity index is 2.21. The lowest BCUT2D eigenvalue weighted by Gasteiger charge is -2.25. The number of nitrogens with two attached hydrogens (primary N) is 1. The van der Waals surface area contributed by atoms with Crippen molar-refractivity contribution in [3.05, 3.63) is 58.4 Å². The molecule has 31 heavy (non-hydrogen) atoms. The highest BCUT2D eigenvalue weighted by Crippen LogP contribution is 2.32. The number of hydrogen-bond acceptors (Lipinski definition) is 7. The minimum atomic E-state index is -4.84. The molecule has 0 saturated carbocycles. The number of primary amides is 1. The molecule has 8 nitrogen and oxygen atoms in total. The third-order valence-corrected chi connectivity index (χ3v) is 4.57. The van der Waals surface area contributed by atoms with Crippen molar-refractivity contribution in [2.24, 2.45) is 5.73 Å². The van der Waals surface area contributed by atoms with Crippen LogP contribution < -0.4 is 15.8 Å². The number of ether oxygens (including phenoxy) is 1. The number of carbonyl (C=O) groups excluding carboxylic acids is 1. The van der Waals surface area contributed by atoms with Gasteiger partial charge in [0, 0.05) is 24.2 Å². The maximum absolute atomic E-state index is 13.3. The number of benzene rings is 1. The molecule has 0 saturated heterocycles. The molecule has 0 radical (unpaired) electrons. The Morgan fingerprint density at radius 1 is 1.35 bits per heavy atom. The zero-order chi connectivity index (χ0) is 23.3. The van der Waals surface area contributed by atoms with Crippen LogP contribution in [0.2, 0.25) is 0 Å². The van der Waals surface area contributed by atoms with Gasteiger partial charge in [0.1, 0.15) is 12.0 Å². The van der Waals surface area contributed by atoms with Crippen molar-refractivity contribution in [3.63, 3.8) is 0 Å². The number of aliphatic hydroxyl groups is 2. The van der Waals surface area contributed by atoms with Gasteiger partial charge in [-0.25, -0.2) is 0 Å². The number of carbonyl (C=O) groups is 1. The number of methoxy groups -OCH3 is 1. The fourth-order valence-corrected chi connectivity index (χ4v) is 2.94. The molecule has 2 unspecified atom stereocenters. The zero-order valence-electron chi connectivity index (χ0n) is 16.6. The van der Waals surface area contributed by atoms with Crippen molar-refractivity contribution < 1.29 is 32.9 Å². The van der Waals surface area contributed by atoms with Crippen LogP contribution in [0.15, 0.2) is 30.5 Å². The summed E-state index contributed by atoms with van der Waals surface area (Å²) in [6.45, 7) is 1.62. The van der Waals surface area contributed by atoms with Gasteiger partial charge >= 0.3 is 6.18 Å². The van der Waals surface area contributed by atoms with E-state index >= 15 is 0 Å². The first kappa shape index (κ1) is 24.1. The summed E-state index contributed by atoms with van der Waals surface area (Å²) >= 11 is 0. The van der Waals surface area contributed by atoms with Gasteiger partial charge in [-0.15, -0.1) is 0 Å². The Morgan fingerprint density at radius 2 is 2.03 bits per heavy atom. The van der Waals surface area contributed by atoms with Crippen LogP contribution in [0, 0.1) is 11.3 Å². The molecule has 3 atom stereocenters. The van der Waals surface area contributed by atoms with E-state index in [1.54, 1.807) is 19.1 Å². The van der Waals surface area contributed by atoms with Crippen LogP contribution in [0.3, 0.4) is 0 Å². The van der Waals surface area contributed by atoms with Crippen LogP contribution in [0.25, 0.3) is 0 Å². The molecule has 2 rings (SSSR count). The van der Waals surface area contributed by atoms with Crippen LogP contribution in [0.4, 0.5) is 13.2 Å². The molecular formula is C20H21F3N4O4. The monoisotopic (exact) mass is 438 g/mol. The quantitative estimate of drug-likeness (QED) is 0.459. The molecule has 166 valence electrons. The van der Waals surface area contributed by atoms with E-state index < -0.39 is 53.7 Å². The third kappa shape index (κ3) is 5.91. The largest absolute Gasteiger partial charge is 0.496 e. The minimum absolute atomic E-state index is 0.341. The van der Waals surface area contributed by atoms with Crippen molar-refractivity contribution in [1.29, 1.82) is 5.26 Å². The van der Waals surface area contributed by atoms with Gasteiger partial charge < -0.3 is 20.7 Å². The van der Waals surface area contributed by atoms with E-state index in [-0.39, 0.29) is 0 Å². The summed E-state index contributed by atoms with van der Waals surface area (Å²) in [4.78, 5) is 14.8. The summed E-state index contributed by atoms with van der Waals surface area (Å²) in [5.41, 5.74) is 3.64. The van der Waals surface area contributed by atoms with Crippen molar-refractivity contribution in [2.45, 2.75) is 37.9 Å². The van der Waals surface area contributed by atoms with Gasteiger partial charge in [-0.1, -0.05) is 0 Å². The molecule has 0 fully saturated rings. The standard InChI is InChI=1S/C20H21F3N4O4/c1-10(13-5-11(8-24)3-4-17(13)31-2)27-19(30)16(28)7-15-14(20(21,22)23)6-12(9-26-15)18(25)29/h3-6,9-10,16,19,27-28,30H,7H2,1-2H3,(H2,25,29)/t10-,16?,19?/m0/s1. The molecular weight excluding hydrogens is 417 g/mol. The maximum atomic E-state index is 13.3. The molecule has 1 aromatic heterocycles. The smallest absolute Gasteiger partial charge is 0.418 e. The highest BCUT2D eigenvalue weighted by atomic mass is 19.4. The number of aliphatic hydroxyl groups excluding tert-OH is 2. The van der Waals surface area contributed by atoms with Crippen LogP contribution in [-0.2, 0) is 12.6 Å². The Hall–Kier alpha value is -3.20. The molecule has 5 N–H and O–H groups in total. The fourth-order valence-electron chi connectivity index (χ4n) is 2.94. The number of pyridine rings is 1. The molecule has 1 aromatic carbocycles. The predicted molar refractivity (Wildman–Crippen MR) is 103 cm³/mol. The lowest BCUT2D eigenvalue weighted by atomic mass is 10.0. The number of halogens is 3. The Labute approximate surface area is 176 Å². The second-order valence-corrected chi connectivity index (χ2v) is 6.75. The van der Waals surface area contributed by atoms with E-state index in [9.17, 15) is 28.2 Å². The molecule has 0 spiro atoms. The van der Waals surface area contributed by atoms with E-state index in [1.807, 2.05) is 6.07 Å².